The summed E-state index contributed by atoms with van der Waals surface area (Å²) in [6.07, 6.45) is 1.53. The minimum atomic E-state index is -0.214. The number of aromatic nitrogens is 1. The van der Waals surface area contributed by atoms with Crippen molar-refractivity contribution in [3.8, 4) is 0 Å². The Hall–Kier alpha value is -1.56. The van der Waals surface area contributed by atoms with Crippen LogP contribution in [0.1, 0.15) is 30.9 Å². The molecule has 0 unspecified atom stereocenters. The Morgan fingerprint density at radius 1 is 1.44 bits per heavy atom. The van der Waals surface area contributed by atoms with Gasteiger partial charge in [0, 0.05) is 32.1 Å². The van der Waals surface area contributed by atoms with Gasteiger partial charge in [0.05, 0.1) is 12.3 Å². The van der Waals surface area contributed by atoms with Crippen molar-refractivity contribution in [3.63, 3.8) is 0 Å². The lowest BCUT2D eigenvalue weighted by Gasteiger charge is -2.16. The third-order valence-electron chi connectivity index (χ3n) is 2.81. The summed E-state index contributed by atoms with van der Waals surface area (Å²) in [7, 11) is 1.64. The number of rotatable bonds is 6. The standard InChI is InChI=1S/C12H21N3O3/c1-4-10-9(11(5-2)18-14-10)8-13-12(17)15(3)6-7-16/h16H,4-8H2,1-3H3,(H,13,17). The van der Waals surface area contributed by atoms with Crippen LogP contribution in [0.15, 0.2) is 4.52 Å². The maximum absolute atomic E-state index is 11.7. The summed E-state index contributed by atoms with van der Waals surface area (Å²) < 4.78 is 5.22. The van der Waals surface area contributed by atoms with Crippen LogP contribution < -0.4 is 5.32 Å². The molecule has 6 nitrogen and oxygen atoms in total. The monoisotopic (exact) mass is 255 g/mol. The predicted octanol–water partition coefficient (Wildman–Crippen LogP) is 0.933. The number of hydrogen-bond acceptors (Lipinski definition) is 4. The lowest BCUT2D eigenvalue weighted by molar-refractivity contribution is 0.190. The van der Waals surface area contributed by atoms with Gasteiger partial charge in [-0.1, -0.05) is 19.0 Å². The number of carbonyl (C=O) groups is 1. The van der Waals surface area contributed by atoms with Crippen molar-refractivity contribution in [1.29, 1.82) is 0 Å². The Morgan fingerprint density at radius 2 is 2.17 bits per heavy atom. The zero-order valence-electron chi connectivity index (χ0n) is 11.2. The van der Waals surface area contributed by atoms with Crippen molar-refractivity contribution in [2.45, 2.75) is 33.2 Å². The summed E-state index contributed by atoms with van der Waals surface area (Å²) in [6.45, 7) is 4.67. The summed E-state index contributed by atoms with van der Waals surface area (Å²) in [4.78, 5) is 13.1. The second-order valence-electron chi connectivity index (χ2n) is 4.04. The zero-order valence-corrected chi connectivity index (χ0v) is 11.2. The number of likely N-dealkylation sites (N-methyl/N-ethyl adjacent to an activating group) is 1. The van der Waals surface area contributed by atoms with Gasteiger partial charge in [-0.2, -0.15) is 0 Å². The lowest BCUT2D eigenvalue weighted by atomic mass is 10.1. The van der Waals surface area contributed by atoms with Crippen LogP contribution in [0.3, 0.4) is 0 Å². The van der Waals surface area contributed by atoms with Gasteiger partial charge in [0.1, 0.15) is 5.76 Å². The molecular formula is C12H21N3O3. The molecule has 0 aliphatic rings. The Morgan fingerprint density at radius 3 is 2.72 bits per heavy atom. The molecular weight excluding hydrogens is 234 g/mol. The molecule has 0 aliphatic carbocycles. The van der Waals surface area contributed by atoms with Gasteiger partial charge < -0.3 is 19.8 Å². The van der Waals surface area contributed by atoms with E-state index >= 15 is 0 Å². The fourth-order valence-electron chi connectivity index (χ4n) is 1.69. The van der Waals surface area contributed by atoms with Crippen LogP contribution in [-0.4, -0.2) is 41.4 Å². The topological polar surface area (TPSA) is 78.6 Å². The fourth-order valence-corrected chi connectivity index (χ4v) is 1.69. The lowest BCUT2D eigenvalue weighted by Crippen LogP contribution is -2.38. The van der Waals surface area contributed by atoms with Crippen molar-refractivity contribution < 1.29 is 14.4 Å². The van der Waals surface area contributed by atoms with E-state index in [9.17, 15) is 4.79 Å². The molecule has 0 aliphatic heterocycles. The van der Waals surface area contributed by atoms with Crippen molar-refractivity contribution in [3.05, 3.63) is 17.0 Å². The average molecular weight is 255 g/mol. The van der Waals surface area contributed by atoms with Crippen molar-refractivity contribution >= 4 is 6.03 Å². The third kappa shape index (κ3) is 3.46. The van der Waals surface area contributed by atoms with E-state index in [1.54, 1.807) is 7.05 Å². The van der Waals surface area contributed by atoms with Gasteiger partial charge >= 0.3 is 6.03 Å². The molecule has 0 saturated carbocycles. The summed E-state index contributed by atoms with van der Waals surface area (Å²) in [5, 5.41) is 15.5. The minimum absolute atomic E-state index is 0.0440. The Labute approximate surface area is 107 Å². The molecule has 0 aromatic carbocycles. The molecule has 1 aromatic rings. The van der Waals surface area contributed by atoms with Crippen LogP contribution in [0.25, 0.3) is 0 Å². The molecule has 1 aromatic heterocycles. The van der Waals surface area contributed by atoms with E-state index in [-0.39, 0.29) is 12.6 Å². The fraction of sp³-hybridized carbons (Fsp3) is 0.667. The summed E-state index contributed by atoms with van der Waals surface area (Å²) in [5.41, 5.74) is 1.85. The van der Waals surface area contributed by atoms with Crippen LogP contribution in [0.2, 0.25) is 0 Å². The van der Waals surface area contributed by atoms with Crippen molar-refractivity contribution in [2.75, 3.05) is 20.2 Å². The quantitative estimate of drug-likeness (QED) is 0.792. The molecule has 0 fully saturated rings. The van der Waals surface area contributed by atoms with Gasteiger partial charge in [0.2, 0.25) is 0 Å². The molecule has 2 amide bonds. The Kier molecular flexibility index (Phi) is 5.64. The maximum Gasteiger partial charge on any atom is 0.317 e. The molecule has 1 heterocycles. The smallest absolute Gasteiger partial charge is 0.317 e. The van der Waals surface area contributed by atoms with Crippen LogP contribution in [0.5, 0.6) is 0 Å². The number of nitrogens with one attached hydrogen (secondary N) is 1. The molecule has 0 radical (unpaired) electrons. The number of aryl methyl sites for hydroxylation is 2. The van der Waals surface area contributed by atoms with Gasteiger partial charge in [-0.05, 0) is 6.42 Å². The van der Waals surface area contributed by atoms with Crippen LogP contribution in [0, 0.1) is 0 Å². The molecule has 102 valence electrons. The minimum Gasteiger partial charge on any atom is -0.395 e. The molecule has 6 heteroatoms. The molecule has 1 rings (SSSR count). The average Bonchev–Trinajstić information content (AvgIpc) is 2.78. The second kappa shape index (κ2) is 7.00. The first-order chi connectivity index (χ1) is 8.63. The van der Waals surface area contributed by atoms with E-state index in [0.29, 0.717) is 13.1 Å². The molecule has 0 saturated heterocycles. The number of carbonyl (C=O) groups excluding carboxylic acids is 1. The van der Waals surface area contributed by atoms with E-state index in [0.717, 1.165) is 29.9 Å². The van der Waals surface area contributed by atoms with Crippen molar-refractivity contribution in [1.82, 2.24) is 15.4 Å². The maximum atomic E-state index is 11.7. The SMILES string of the molecule is CCc1noc(CC)c1CNC(=O)N(C)CCO. The third-order valence-corrected chi connectivity index (χ3v) is 2.81. The van der Waals surface area contributed by atoms with Gasteiger partial charge in [0.15, 0.2) is 0 Å². The van der Waals surface area contributed by atoms with E-state index in [1.165, 1.54) is 4.90 Å². The summed E-state index contributed by atoms with van der Waals surface area (Å²) in [5.74, 6) is 0.817. The van der Waals surface area contributed by atoms with Crippen LogP contribution in [-0.2, 0) is 19.4 Å². The highest BCUT2D eigenvalue weighted by Gasteiger charge is 2.15. The highest BCUT2D eigenvalue weighted by molar-refractivity contribution is 5.73. The molecule has 0 spiro atoms. The Balaban J connectivity index is 2.62. The molecule has 18 heavy (non-hydrogen) atoms. The number of urea groups is 1. The van der Waals surface area contributed by atoms with Gasteiger partial charge in [-0.15, -0.1) is 0 Å². The van der Waals surface area contributed by atoms with E-state index in [2.05, 4.69) is 10.5 Å². The van der Waals surface area contributed by atoms with Gasteiger partial charge in [0.25, 0.3) is 0 Å². The number of aliphatic hydroxyl groups is 1. The van der Waals surface area contributed by atoms with Crippen molar-refractivity contribution in [2.24, 2.45) is 0 Å². The Bertz CT molecular complexity index is 368. The normalized spacial score (nSPS) is 10.4. The number of aliphatic hydroxyl groups excluding tert-OH is 1. The predicted molar refractivity (Wildman–Crippen MR) is 67.2 cm³/mol. The number of amides is 2. The molecule has 2 N–H and O–H groups in total. The summed E-state index contributed by atoms with van der Waals surface area (Å²) in [6, 6.07) is -0.214. The van der Waals surface area contributed by atoms with Gasteiger partial charge in [-0.25, -0.2) is 4.79 Å². The highest BCUT2D eigenvalue weighted by Crippen LogP contribution is 2.15. The van der Waals surface area contributed by atoms with Crippen LogP contribution in [0.4, 0.5) is 4.79 Å². The second-order valence-corrected chi connectivity index (χ2v) is 4.04. The first kappa shape index (κ1) is 14.5. The molecule has 0 atom stereocenters. The first-order valence-electron chi connectivity index (χ1n) is 6.20. The molecule has 0 bridgehead atoms. The van der Waals surface area contributed by atoms with E-state index in [4.69, 9.17) is 9.63 Å². The van der Waals surface area contributed by atoms with Crippen LogP contribution >= 0.6 is 0 Å². The summed E-state index contributed by atoms with van der Waals surface area (Å²) >= 11 is 0. The zero-order chi connectivity index (χ0) is 13.5. The van der Waals surface area contributed by atoms with E-state index < -0.39 is 0 Å². The highest BCUT2D eigenvalue weighted by atomic mass is 16.5. The number of nitrogens with zero attached hydrogens (tertiary/aromatic N) is 2. The van der Waals surface area contributed by atoms with E-state index in [1.807, 2.05) is 13.8 Å². The first-order valence-corrected chi connectivity index (χ1v) is 6.20. The van der Waals surface area contributed by atoms with Gasteiger partial charge in [-0.3, -0.25) is 0 Å². The number of hydrogen-bond donors (Lipinski definition) is 2. The largest absolute Gasteiger partial charge is 0.395 e.